The van der Waals surface area contributed by atoms with Crippen LogP contribution in [0.15, 0.2) is 48.9 Å². The molecule has 200 valence electrons. The van der Waals surface area contributed by atoms with Crippen LogP contribution in [0.2, 0.25) is 0 Å². The number of fused-ring (bicyclic) bond motifs is 2. The summed E-state index contributed by atoms with van der Waals surface area (Å²) in [6, 6.07) is 10.2. The summed E-state index contributed by atoms with van der Waals surface area (Å²) in [6.07, 6.45) is 5.14. The molecule has 0 saturated carbocycles. The summed E-state index contributed by atoms with van der Waals surface area (Å²) in [6.45, 7) is 4.57. The van der Waals surface area contributed by atoms with Crippen LogP contribution < -0.4 is 4.90 Å². The van der Waals surface area contributed by atoms with E-state index in [4.69, 9.17) is 4.98 Å². The molecule has 2 N–H and O–H groups in total. The van der Waals surface area contributed by atoms with Crippen LogP contribution in [0.25, 0.3) is 44.7 Å². The first kappa shape index (κ1) is 24.1. The van der Waals surface area contributed by atoms with Gasteiger partial charge in [0, 0.05) is 69.0 Å². The van der Waals surface area contributed by atoms with Crippen molar-refractivity contribution in [2.45, 2.75) is 18.9 Å². The number of nitrogens with one attached hydrogen (secondary N) is 2. The highest BCUT2D eigenvalue weighted by Gasteiger charge is 2.37. The second-order valence-electron chi connectivity index (χ2n) is 10.6. The van der Waals surface area contributed by atoms with E-state index >= 15 is 0 Å². The molecule has 39 heavy (non-hydrogen) atoms. The Balaban J connectivity index is 1.21. The Morgan fingerprint density at radius 1 is 1.00 bits per heavy atom. The van der Waals surface area contributed by atoms with Crippen LogP contribution >= 0.6 is 0 Å². The monoisotopic (exact) mass is 529 g/mol. The van der Waals surface area contributed by atoms with Crippen molar-refractivity contribution in [1.82, 2.24) is 39.9 Å². The Morgan fingerprint density at radius 2 is 1.87 bits per heavy atom. The molecular formula is C28H29F2N9. The van der Waals surface area contributed by atoms with Gasteiger partial charge in [0.25, 0.3) is 5.92 Å². The van der Waals surface area contributed by atoms with Gasteiger partial charge in [0.05, 0.1) is 35.2 Å². The van der Waals surface area contributed by atoms with Gasteiger partial charge in [0.2, 0.25) is 0 Å². The molecule has 4 aromatic heterocycles. The first-order valence-electron chi connectivity index (χ1n) is 13.2. The SMILES string of the molecule is CN1CCN(c2cccc3[nH]c(-c4n[nH]c5cnc(-c6cncc(CN7CCC(F)(F)C7)c6)cc45)nc23)CC1. The lowest BCUT2D eigenvalue weighted by Gasteiger charge is -2.34. The molecule has 0 unspecified atom stereocenters. The number of imidazole rings is 1. The minimum Gasteiger partial charge on any atom is -0.367 e. The van der Waals surface area contributed by atoms with Crippen molar-refractivity contribution in [2.75, 3.05) is 51.2 Å². The average molecular weight is 530 g/mol. The van der Waals surface area contributed by atoms with Crippen molar-refractivity contribution >= 4 is 27.6 Å². The van der Waals surface area contributed by atoms with Crippen LogP contribution in [0.3, 0.4) is 0 Å². The van der Waals surface area contributed by atoms with E-state index in [1.165, 1.54) is 0 Å². The number of halogens is 2. The van der Waals surface area contributed by atoms with Gasteiger partial charge in [-0.15, -0.1) is 0 Å². The Morgan fingerprint density at radius 3 is 2.69 bits per heavy atom. The van der Waals surface area contributed by atoms with Crippen molar-refractivity contribution in [3.63, 3.8) is 0 Å². The summed E-state index contributed by atoms with van der Waals surface area (Å²) in [5.41, 5.74) is 7.00. The molecule has 5 aromatic rings. The minimum absolute atomic E-state index is 0.0970. The van der Waals surface area contributed by atoms with Crippen molar-refractivity contribution in [1.29, 1.82) is 0 Å². The number of hydrogen-bond acceptors (Lipinski definition) is 7. The van der Waals surface area contributed by atoms with Crippen molar-refractivity contribution in [3.05, 3.63) is 54.5 Å². The third kappa shape index (κ3) is 4.61. The summed E-state index contributed by atoms with van der Waals surface area (Å²) in [5, 5.41) is 8.55. The number of alkyl halides is 2. The van der Waals surface area contributed by atoms with Gasteiger partial charge >= 0.3 is 0 Å². The van der Waals surface area contributed by atoms with Gasteiger partial charge in [-0.05, 0) is 36.9 Å². The Kier molecular flexibility index (Phi) is 5.78. The molecule has 0 amide bonds. The predicted octanol–water partition coefficient (Wildman–Crippen LogP) is 4.16. The first-order chi connectivity index (χ1) is 18.9. The van der Waals surface area contributed by atoms with E-state index in [9.17, 15) is 8.78 Å². The van der Waals surface area contributed by atoms with Crippen LogP contribution in [0.5, 0.6) is 0 Å². The van der Waals surface area contributed by atoms with E-state index in [2.05, 4.69) is 54.1 Å². The Labute approximate surface area is 223 Å². The van der Waals surface area contributed by atoms with Crippen molar-refractivity contribution in [2.24, 2.45) is 0 Å². The first-order valence-corrected chi connectivity index (χ1v) is 13.2. The maximum atomic E-state index is 13.6. The third-order valence-electron chi connectivity index (χ3n) is 7.75. The molecule has 11 heteroatoms. The second kappa shape index (κ2) is 9.35. The van der Waals surface area contributed by atoms with E-state index in [0.29, 0.717) is 18.9 Å². The largest absolute Gasteiger partial charge is 0.367 e. The number of aromatic amines is 2. The standard InChI is InChI=1S/C28H29F2N9/c1-37-7-9-39(10-8-37)24-4-2-3-21-26(24)34-27(33-21)25-20-12-22(32-15-23(20)35-36-25)19-11-18(13-31-14-19)16-38-6-5-28(29,30)17-38/h2-4,11-15H,5-10,16-17H2,1H3,(H,33,34)(H,35,36). The number of benzene rings is 1. The average Bonchev–Trinajstić information content (AvgIpc) is 3.64. The summed E-state index contributed by atoms with van der Waals surface area (Å²) in [7, 11) is 2.15. The highest BCUT2D eigenvalue weighted by Crippen LogP contribution is 2.33. The summed E-state index contributed by atoms with van der Waals surface area (Å²) < 4.78 is 27.3. The number of aromatic nitrogens is 6. The normalized spacial score (nSPS) is 18.5. The quantitative estimate of drug-likeness (QED) is 0.353. The predicted molar refractivity (Wildman–Crippen MR) is 147 cm³/mol. The molecule has 1 aromatic carbocycles. The summed E-state index contributed by atoms with van der Waals surface area (Å²) >= 11 is 0. The van der Waals surface area contributed by atoms with Crippen LogP contribution in [-0.4, -0.2) is 92.2 Å². The summed E-state index contributed by atoms with van der Waals surface area (Å²) in [5.74, 6) is -1.92. The smallest absolute Gasteiger partial charge is 0.261 e. The topological polar surface area (TPSA) is 92.9 Å². The third-order valence-corrected chi connectivity index (χ3v) is 7.75. The zero-order valence-corrected chi connectivity index (χ0v) is 21.7. The zero-order chi connectivity index (χ0) is 26.6. The van der Waals surface area contributed by atoms with Crippen LogP contribution in [0.4, 0.5) is 14.5 Å². The lowest BCUT2D eigenvalue weighted by atomic mass is 10.1. The summed E-state index contributed by atoms with van der Waals surface area (Å²) in [4.78, 5) is 23.9. The Bertz CT molecular complexity index is 1650. The van der Waals surface area contributed by atoms with Gasteiger partial charge in [0.1, 0.15) is 11.2 Å². The zero-order valence-electron chi connectivity index (χ0n) is 21.7. The number of para-hydroxylation sites is 1. The van der Waals surface area contributed by atoms with Gasteiger partial charge < -0.3 is 14.8 Å². The number of H-pyrrole nitrogens is 2. The molecular weight excluding hydrogens is 500 g/mol. The van der Waals surface area contributed by atoms with Gasteiger partial charge in [0.15, 0.2) is 5.82 Å². The van der Waals surface area contributed by atoms with Crippen LogP contribution in [0, 0.1) is 0 Å². The van der Waals surface area contributed by atoms with Crippen LogP contribution in [-0.2, 0) is 6.54 Å². The maximum Gasteiger partial charge on any atom is 0.261 e. The van der Waals surface area contributed by atoms with E-state index < -0.39 is 5.92 Å². The fraction of sp³-hybridized carbons (Fsp3) is 0.357. The van der Waals surface area contributed by atoms with E-state index in [0.717, 1.165) is 76.3 Å². The molecule has 0 spiro atoms. The molecule has 2 aliphatic heterocycles. The van der Waals surface area contributed by atoms with Gasteiger partial charge in [-0.1, -0.05) is 6.07 Å². The molecule has 6 heterocycles. The van der Waals surface area contributed by atoms with Gasteiger partial charge in [-0.2, -0.15) is 5.10 Å². The molecule has 2 aliphatic rings. The van der Waals surface area contributed by atoms with E-state index in [1.54, 1.807) is 23.5 Å². The van der Waals surface area contributed by atoms with E-state index in [-0.39, 0.29) is 13.0 Å². The van der Waals surface area contributed by atoms with Gasteiger partial charge in [-0.25, -0.2) is 13.8 Å². The number of nitrogens with zero attached hydrogens (tertiary/aromatic N) is 7. The molecule has 9 nitrogen and oxygen atoms in total. The molecule has 0 atom stereocenters. The molecule has 0 radical (unpaired) electrons. The minimum atomic E-state index is -2.61. The van der Waals surface area contributed by atoms with Crippen molar-refractivity contribution < 1.29 is 8.78 Å². The fourth-order valence-electron chi connectivity index (χ4n) is 5.60. The molecule has 2 fully saturated rings. The lowest BCUT2D eigenvalue weighted by molar-refractivity contribution is 0.0115. The van der Waals surface area contributed by atoms with Crippen molar-refractivity contribution in [3.8, 4) is 22.8 Å². The maximum absolute atomic E-state index is 13.6. The number of piperazine rings is 1. The Hall–Kier alpha value is -3.96. The van der Waals surface area contributed by atoms with Gasteiger partial charge in [-0.3, -0.25) is 20.0 Å². The van der Waals surface area contributed by atoms with E-state index in [1.807, 2.05) is 18.2 Å². The molecule has 0 aliphatic carbocycles. The highest BCUT2D eigenvalue weighted by molar-refractivity contribution is 5.96. The number of rotatable bonds is 5. The number of anilines is 1. The molecule has 0 bridgehead atoms. The number of hydrogen-bond donors (Lipinski definition) is 2. The number of likely N-dealkylation sites (N-methyl/N-ethyl adjacent to an activating group) is 1. The molecule has 2 saturated heterocycles. The number of likely N-dealkylation sites (tertiary alicyclic amines) is 1. The fourth-order valence-corrected chi connectivity index (χ4v) is 5.60. The lowest BCUT2D eigenvalue weighted by Crippen LogP contribution is -2.44. The highest BCUT2D eigenvalue weighted by atomic mass is 19.3. The second-order valence-corrected chi connectivity index (χ2v) is 10.6. The van der Waals surface area contributed by atoms with Crippen LogP contribution in [0.1, 0.15) is 12.0 Å². The number of pyridine rings is 2. The molecule has 7 rings (SSSR count).